The van der Waals surface area contributed by atoms with Crippen molar-refractivity contribution in [3.63, 3.8) is 0 Å². The predicted octanol–water partition coefficient (Wildman–Crippen LogP) is 7.14. The largest absolute Gasteiger partial charge is 0.489 e. The van der Waals surface area contributed by atoms with Crippen LogP contribution < -0.4 is 19.9 Å². The second-order valence-electron chi connectivity index (χ2n) is 11.4. The van der Waals surface area contributed by atoms with Gasteiger partial charge in [-0.1, -0.05) is 103 Å². The average Bonchev–Trinajstić information content (AvgIpc) is 3.09. The van der Waals surface area contributed by atoms with E-state index in [1.165, 1.54) is 0 Å². The second-order valence-corrected chi connectivity index (χ2v) is 11.4. The van der Waals surface area contributed by atoms with Crippen molar-refractivity contribution in [2.24, 2.45) is 0 Å². The first-order valence-electron chi connectivity index (χ1n) is 15.5. The third kappa shape index (κ3) is 8.88. The van der Waals surface area contributed by atoms with Gasteiger partial charge in [0.1, 0.15) is 36.6 Å². The van der Waals surface area contributed by atoms with Gasteiger partial charge in [-0.3, -0.25) is 4.90 Å². The maximum absolute atomic E-state index is 11.6. The van der Waals surface area contributed by atoms with Gasteiger partial charge in [0.05, 0.1) is 11.8 Å². The molecular weight excluding hydrogens is 576 g/mol. The molecule has 7 heteroatoms. The van der Waals surface area contributed by atoms with Crippen molar-refractivity contribution < 1.29 is 24.4 Å². The molecule has 5 aromatic carbocycles. The van der Waals surface area contributed by atoms with E-state index in [2.05, 4.69) is 0 Å². The number of ether oxygens (including phenoxy) is 3. The highest BCUT2D eigenvalue weighted by atomic mass is 16.5. The lowest BCUT2D eigenvalue weighted by Gasteiger charge is -2.40. The third-order valence-electron chi connectivity index (χ3n) is 7.87. The fraction of sp³-hybridized carbons (Fsp3) is 0.231. The number of hydrogen-bond donors (Lipinski definition) is 3. The highest BCUT2D eigenvalue weighted by Gasteiger charge is 2.33. The lowest BCUT2D eigenvalue weighted by Crippen LogP contribution is -2.52. The summed E-state index contributed by atoms with van der Waals surface area (Å²) < 4.78 is 18.3. The number of hydrogen-bond acceptors (Lipinski definition) is 7. The highest BCUT2D eigenvalue weighted by Crippen LogP contribution is 2.31. The summed E-state index contributed by atoms with van der Waals surface area (Å²) in [6, 6.07) is 42.0. The van der Waals surface area contributed by atoms with Gasteiger partial charge in [0.15, 0.2) is 6.23 Å². The topological polar surface area (TPSA) is 97.4 Å². The fourth-order valence-electron chi connectivity index (χ4n) is 5.27. The molecular formula is C39H42N2O5. The van der Waals surface area contributed by atoms with Crippen LogP contribution in [0.4, 0.5) is 5.69 Å². The van der Waals surface area contributed by atoms with E-state index in [1.54, 1.807) is 25.1 Å². The fourth-order valence-corrected chi connectivity index (χ4v) is 5.27. The van der Waals surface area contributed by atoms with Gasteiger partial charge in [-0.15, -0.1) is 0 Å². The molecule has 0 saturated carbocycles. The van der Waals surface area contributed by atoms with E-state index in [-0.39, 0.29) is 0 Å². The van der Waals surface area contributed by atoms with Gasteiger partial charge in [0.2, 0.25) is 0 Å². The molecule has 7 nitrogen and oxygen atoms in total. The third-order valence-corrected chi connectivity index (χ3v) is 7.87. The van der Waals surface area contributed by atoms with Crippen LogP contribution in [0.3, 0.4) is 0 Å². The molecule has 0 aliphatic rings. The Kier molecular flexibility index (Phi) is 11.3. The quantitative estimate of drug-likeness (QED) is 0.0848. The van der Waals surface area contributed by atoms with E-state index in [0.717, 1.165) is 22.3 Å². The molecule has 4 N–H and O–H groups in total. The summed E-state index contributed by atoms with van der Waals surface area (Å²) in [7, 11) is 0. The molecule has 0 bridgehead atoms. The summed E-state index contributed by atoms with van der Waals surface area (Å²) in [6.45, 7) is 4.90. The molecule has 0 aliphatic carbocycles. The number of nitrogens with two attached hydrogens (primary N) is 1. The van der Waals surface area contributed by atoms with Crippen LogP contribution in [0, 0.1) is 0 Å². The first-order chi connectivity index (χ1) is 22.4. The highest BCUT2D eigenvalue weighted by molar-refractivity contribution is 5.56. The van der Waals surface area contributed by atoms with E-state index in [4.69, 9.17) is 19.9 Å². The van der Waals surface area contributed by atoms with Crippen molar-refractivity contribution in [1.82, 2.24) is 4.90 Å². The van der Waals surface area contributed by atoms with Gasteiger partial charge in [-0.05, 0) is 60.4 Å². The van der Waals surface area contributed by atoms with Crippen LogP contribution in [-0.2, 0) is 19.8 Å². The minimum absolute atomic E-state index is 0.391. The van der Waals surface area contributed by atoms with Crippen molar-refractivity contribution in [2.45, 2.75) is 58.1 Å². The monoisotopic (exact) mass is 618 g/mol. The zero-order chi connectivity index (χ0) is 32.3. The molecule has 0 fully saturated rings. The molecule has 4 unspecified atom stereocenters. The Morgan fingerprint density at radius 3 is 1.70 bits per heavy atom. The van der Waals surface area contributed by atoms with Gasteiger partial charge >= 0.3 is 0 Å². The van der Waals surface area contributed by atoms with E-state index < -0.39 is 24.5 Å². The average molecular weight is 619 g/mol. The van der Waals surface area contributed by atoms with Crippen molar-refractivity contribution in [3.8, 4) is 17.2 Å². The zero-order valence-electron chi connectivity index (χ0n) is 26.3. The lowest BCUT2D eigenvalue weighted by atomic mass is 10.0. The van der Waals surface area contributed by atoms with Gasteiger partial charge in [-0.2, -0.15) is 0 Å². The van der Waals surface area contributed by atoms with Crippen LogP contribution in [0.2, 0.25) is 0 Å². The van der Waals surface area contributed by atoms with E-state index in [0.29, 0.717) is 42.7 Å². The standard InChI is InChI=1S/C39H42N2O5/c1-28(38(43)33-18-20-34(21-19-33)44-26-31-14-8-4-9-15-31)41(25-30-12-6-3-7-13-30)39(29(2)42)46-35-22-23-37(36(40)24-35)45-27-32-16-10-5-11-17-32/h3-24,28-29,38-39,42-43H,25-27,40H2,1-2H3. The van der Waals surface area contributed by atoms with Crippen molar-refractivity contribution in [2.75, 3.05) is 5.73 Å². The van der Waals surface area contributed by atoms with E-state index >= 15 is 0 Å². The number of nitrogens with zero attached hydrogens (tertiary/aromatic N) is 1. The summed E-state index contributed by atoms with van der Waals surface area (Å²) in [5.74, 6) is 1.74. The summed E-state index contributed by atoms with van der Waals surface area (Å²) in [4.78, 5) is 1.97. The lowest BCUT2D eigenvalue weighted by molar-refractivity contribution is -0.101. The molecule has 0 radical (unpaired) electrons. The molecule has 238 valence electrons. The summed E-state index contributed by atoms with van der Waals surface area (Å²) in [5.41, 5.74) is 10.6. The summed E-state index contributed by atoms with van der Waals surface area (Å²) in [5, 5.41) is 22.6. The first-order valence-corrected chi connectivity index (χ1v) is 15.5. The van der Waals surface area contributed by atoms with Gasteiger partial charge in [-0.25, -0.2) is 0 Å². The molecule has 0 amide bonds. The summed E-state index contributed by atoms with van der Waals surface area (Å²) >= 11 is 0. The van der Waals surface area contributed by atoms with Crippen LogP contribution in [0.25, 0.3) is 0 Å². The second kappa shape index (κ2) is 16.0. The van der Waals surface area contributed by atoms with Crippen LogP contribution in [0.15, 0.2) is 133 Å². The number of aliphatic hydroxyl groups excluding tert-OH is 2. The van der Waals surface area contributed by atoms with Gasteiger partial charge in [0.25, 0.3) is 0 Å². The van der Waals surface area contributed by atoms with Crippen molar-refractivity contribution in [3.05, 3.63) is 156 Å². The molecule has 0 spiro atoms. The van der Waals surface area contributed by atoms with Crippen LogP contribution in [0.1, 0.15) is 42.2 Å². The Hall–Kier alpha value is -4.82. The predicted molar refractivity (Wildman–Crippen MR) is 181 cm³/mol. The normalized spacial score (nSPS) is 13.8. The SMILES string of the molecule is CC(O)C(Oc1ccc(OCc2ccccc2)c(N)c1)N(Cc1ccccc1)C(C)C(O)c1ccc(OCc2ccccc2)cc1. The molecule has 4 atom stereocenters. The minimum Gasteiger partial charge on any atom is -0.489 e. The molecule has 5 rings (SSSR count). The maximum Gasteiger partial charge on any atom is 0.179 e. The Bertz CT molecular complexity index is 1620. The molecule has 0 aromatic heterocycles. The molecule has 5 aromatic rings. The van der Waals surface area contributed by atoms with Gasteiger partial charge in [0, 0.05) is 18.7 Å². The number of benzene rings is 5. The molecule has 46 heavy (non-hydrogen) atoms. The van der Waals surface area contributed by atoms with Gasteiger partial charge < -0.3 is 30.2 Å². The number of anilines is 1. The zero-order valence-corrected chi connectivity index (χ0v) is 26.3. The Balaban J connectivity index is 1.32. The van der Waals surface area contributed by atoms with Crippen LogP contribution in [0.5, 0.6) is 17.2 Å². The molecule has 0 heterocycles. The van der Waals surface area contributed by atoms with E-state index in [1.807, 2.05) is 127 Å². The summed E-state index contributed by atoms with van der Waals surface area (Å²) in [6.07, 6.45) is -2.58. The van der Waals surface area contributed by atoms with Crippen LogP contribution in [-0.4, -0.2) is 33.5 Å². The Morgan fingerprint density at radius 2 is 1.15 bits per heavy atom. The first kappa shape index (κ1) is 32.6. The van der Waals surface area contributed by atoms with Crippen molar-refractivity contribution >= 4 is 5.69 Å². The van der Waals surface area contributed by atoms with E-state index in [9.17, 15) is 10.2 Å². The number of nitrogen functional groups attached to an aromatic ring is 1. The van der Waals surface area contributed by atoms with Crippen molar-refractivity contribution in [1.29, 1.82) is 0 Å². The van der Waals surface area contributed by atoms with Crippen LogP contribution >= 0.6 is 0 Å². The minimum atomic E-state index is -0.901. The number of rotatable bonds is 15. The maximum atomic E-state index is 11.6. The number of aliphatic hydroxyl groups is 2. The Morgan fingerprint density at radius 1 is 0.630 bits per heavy atom. The molecule has 0 saturated heterocycles. The molecule has 0 aliphatic heterocycles. The smallest absolute Gasteiger partial charge is 0.179 e. The Labute approximate surface area is 271 Å².